The van der Waals surface area contributed by atoms with Crippen LogP contribution in [0.2, 0.25) is 0 Å². The quantitative estimate of drug-likeness (QED) is 0.624. The van der Waals surface area contributed by atoms with Gasteiger partial charge in [-0.15, -0.1) is 0 Å². The molecule has 2 unspecified atom stereocenters. The molecular formula is C25H26N2O6. The van der Waals surface area contributed by atoms with Gasteiger partial charge in [-0.2, -0.15) is 0 Å². The third-order valence-corrected chi connectivity index (χ3v) is 7.12. The standard InChI is InChI=1S/C25H26N2O6/c1-24(22(29)30)14-32-13-20(24)26-21(28)25(10-11-25)27-23(31)33-12-19-17-8-4-2-6-15(17)16-7-3-5-9-18(16)19/h2-9,19-20H,10-14H2,1H3,(H,26,28)(H,27,31)(H,29,30). The zero-order valence-corrected chi connectivity index (χ0v) is 18.3. The highest BCUT2D eigenvalue weighted by Gasteiger charge is 2.55. The third-order valence-electron chi connectivity index (χ3n) is 7.12. The molecule has 2 atom stereocenters. The second-order valence-corrected chi connectivity index (χ2v) is 9.30. The molecule has 1 saturated heterocycles. The fourth-order valence-electron chi connectivity index (χ4n) is 4.75. The maximum Gasteiger partial charge on any atom is 0.408 e. The van der Waals surface area contributed by atoms with Crippen LogP contribution in [-0.4, -0.2) is 54.5 Å². The van der Waals surface area contributed by atoms with Crippen molar-refractivity contribution in [2.75, 3.05) is 19.8 Å². The lowest BCUT2D eigenvalue weighted by Crippen LogP contribution is -2.56. The number of carboxylic acid groups (broad SMARTS) is 1. The number of carbonyl (C=O) groups excluding carboxylic acids is 2. The van der Waals surface area contributed by atoms with Gasteiger partial charge in [-0.3, -0.25) is 9.59 Å². The summed E-state index contributed by atoms with van der Waals surface area (Å²) < 4.78 is 10.9. The monoisotopic (exact) mass is 450 g/mol. The average Bonchev–Trinajstić information content (AvgIpc) is 3.39. The first kappa shape index (κ1) is 21.5. The second kappa shape index (κ2) is 7.88. The van der Waals surface area contributed by atoms with E-state index in [0.29, 0.717) is 12.8 Å². The van der Waals surface area contributed by atoms with Crippen molar-refractivity contribution in [1.29, 1.82) is 0 Å². The average molecular weight is 450 g/mol. The zero-order chi connectivity index (χ0) is 23.2. The Kier molecular flexibility index (Phi) is 5.12. The van der Waals surface area contributed by atoms with Crippen molar-refractivity contribution in [3.8, 4) is 11.1 Å². The molecular weight excluding hydrogens is 424 g/mol. The van der Waals surface area contributed by atoms with Crippen molar-refractivity contribution in [2.24, 2.45) is 5.41 Å². The smallest absolute Gasteiger partial charge is 0.408 e. The highest BCUT2D eigenvalue weighted by Crippen LogP contribution is 2.44. The molecule has 33 heavy (non-hydrogen) atoms. The molecule has 3 N–H and O–H groups in total. The Hall–Kier alpha value is -3.39. The summed E-state index contributed by atoms with van der Waals surface area (Å²) in [5.41, 5.74) is 2.24. The number of ether oxygens (including phenoxy) is 2. The number of carboxylic acids is 1. The molecule has 1 aliphatic heterocycles. The first-order valence-electron chi connectivity index (χ1n) is 11.1. The van der Waals surface area contributed by atoms with Gasteiger partial charge in [0, 0.05) is 5.92 Å². The van der Waals surface area contributed by atoms with Crippen molar-refractivity contribution in [2.45, 2.75) is 37.3 Å². The van der Waals surface area contributed by atoms with Crippen LogP contribution in [0.1, 0.15) is 36.8 Å². The summed E-state index contributed by atoms with van der Waals surface area (Å²) in [6, 6.07) is 15.5. The molecule has 1 saturated carbocycles. The molecule has 8 heteroatoms. The Labute approximate surface area is 191 Å². The van der Waals surface area contributed by atoms with Crippen LogP contribution < -0.4 is 10.6 Å². The molecule has 8 nitrogen and oxygen atoms in total. The van der Waals surface area contributed by atoms with Gasteiger partial charge in [-0.1, -0.05) is 48.5 Å². The van der Waals surface area contributed by atoms with Crippen LogP contribution in [0.25, 0.3) is 11.1 Å². The van der Waals surface area contributed by atoms with E-state index in [4.69, 9.17) is 9.47 Å². The van der Waals surface area contributed by atoms with Gasteiger partial charge in [0.25, 0.3) is 0 Å². The van der Waals surface area contributed by atoms with Crippen LogP contribution in [0.4, 0.5) is 4.79 Å². The summed E-state index contributed by atoms with van der Waals surface area (Å²) in [5.74, 6) is -1.50. The van der Waals surface area contributed by atoms with Crippen molar-refractivity contribution in [1.82, 2.24) is 10.6 Å². The number of hydrogen-bond donors (Lipinski definition) is 3. The molecule has 5 rings (SSSR count). The van der Waals surface area contributed by atoms with Crippen molar-refractivity contribution < 1.29 is 29.0 Å². The molecule has 0 spiro atoms. The summed E-state index contributed by atoms with van der Waals surface area (Å²) in [6.07, 6.45) is 0.286. The highest BCUT2D eigenvalue weighted by molar-refractivity contribution is 5.93. The van der Waals surface area contributed by atoms with Gasteiger partial charge in [0.15, 0.2) is 0 Å². The first-order valence-corrected chi connectivity index (χ1v) is 11.1. The Bertz CT molecular complexity index is 1080. The van der Waals surface area contributed by atoms with Gasteiger partial charge >= 0.3 is 12.1 Å². The van der Waals surface area contributed by atoms with E-state index < -0.39 is 35.0 Å². The molecule has 0 radical (unpaired) electrons. The van der Waals surface area contributed by atoms with E-state index in [0.717, 1.165) is 22.3 Å². The van der Waals surface area contributed by atoms with E-state index in [1.807, 2.05) is 36.4 Å². The van der Waals surface area contributed by atoms with Gasteiger partial charge in [-0.05, 0) is 42.0 Å². The first-order chi connectivity index (χ1) is 15.8. The molecule has 0 aromatic heterocycles. The molecule has 2 amide bonds. The molecule has 2 fully saturated rings. The molecule has 172 valence electrons. The van der Waals surface area contributed by atoms with E-state index in [1.54, 1.807) is 6.92 Å². The maximum absolute atomic E-state index is 12.9. The summed E-state index contributed by atoms with van der Waals surface area (Å²) in [5, 5.41) is 15.0. The molecule has 2 aliphatic carbocycles. The van der Waals surface area contributed by atoms with Crippen molar-refractivity contribution in [3.63, 3.8) is 0 Å². The number of fused-ring (bicyclic) bond motifs is 3. The highest BCUT2D eigenvalue weighted by atomic mass is 16.5. The minimum absolute atomic E-state index is 0.0279. The lowest BCUT2D eigenvalue weighted by molar-refractivity contribution is -0.149. The van der Waals surface area contributed by atoms with E-state index in [-0.39, 0.29) is 25.7 Å². The van der Waals surface area contributed by atoms with Crippen molar-refractivity contribution >= 4 is 18.0 Å². The number of carbonyl (C=O) groups is 3. The van der Waals surface area contributed by atoms with Crippen LogP contribution in [0.3, 0.4) is 0 Å². The van der Waals surface area contributed by atoms with E-state index >= 15 is 0 Å². The number of alkyl carbamates (subject to hydrolysis) is 1. The molecule has 2 aromatic rings. The Morgan fingerprint density at radius 2 is 1.67 bits per heavy atom. The number of hydrogen-bond acceptors (Lipinski definition) is 5. The number of nitrogens with one attached hydrogen (secondary N) is 2. The van der Waals surface area contributed by atoms with E-state index in [2.05, 4.69) is 22.8 Å². The maximum atomic E-state index is 12.9. The Morgan fingerprint density at radius 1 is 1.06 bits per heavy atom. The minimum atomic E-state index is -1.20. The predicted octanol–water partition coefficient (Wildman–Crippen LogP) is 2.66. The van der Waals surface area contributed by atoms with Crippen LogP contribution in [-0.2, 0) is 19.1 Å². The van der Waals surface area contributed by atoms with Gasteiger partial charge in [0.2, 0.25) is 5.91 Å². The number of rotatable bonds is 6. The summed E-state index contributed by atoms with van der Waals surface area (Å²) in [6.45, 7) is 1.85. The normalized spacial score (nSPS) is 24.5. The number of benzene rings is 2. The molecule has 0 bridgehead atoms. The largest absolute Gasteiger partial charge is 0.481 e. The van der Waals surface area contributed by atoms with E-state index in [1.165, 1.54) is 0 Å². The molecule has 1 heterocycles. The summed E-state index contributed by atoms with van der Waals surface area (Å²) >= 11 is 0. The Morgan fingerprint density at radius 3 is 2.24 bits per heavy atom. The minimum Gasteiger partial charge on any atom is -0.481 e. The number of aliphatic carboxylic acids is 1. The van der Waals surface area contributed by atoms with Crippen LogP contribution >= 0.6 is 0 Å². The molecule has 3 aliphatic rings. The van der Waals surface area contributed by atoms with Gasteiger partial charge in [0.1, 0.15) is 17.6 Å². The lowest BCUT2D eigenvalue weighted by Gasteiger charge is -2.27. The van der Waals surface area contributed by atoms with Crippen LogP contribution in [0.15, 0.2) is 48.5 Å². The van der Waals surface area contributed by atoms with E-state index in [9.17, 15) is 19.5 Å². The SMILES string of the molecule is CC1(C(=O)O)COCC1NC(=O)C1(NC(=O)OCC2c3ccccc3-c3ccccc32)CC1. The fraction of sp³-hybridized carbons (Fsp3) is 0.400. The zero-order valence-electron chi connectivity index (χ0n) is 18.3. The fourth-order valence-corrected chi connectivity index (χ4v) is 4.75. The topological polar surface area (TPSA) is 114 Å². The summed E-state index contributed by atoms with van der Waals surface area (Å²) in [7, 11) is 0. The predicted molar refractivity (Wildman–Crippen MR) is 119 cm³/mol. The van der Waals surface area contributed by atoms with Gasteiger partial charge in [0.05, 0.1) is 19.3 Å². The number of amides is 2. The molecule has 2 aromatic carbocycles. The van der Waals surface area contributed by atoms with Crippen molar-refractivity contribution in [3.05, 3.63) is 59.7 Å². The van der Waals surface area contributed by atoms with Gasteiger partial charge in [-0.25, -0.2) is 4.79 Å². The summed E-state index contributed by atoms with van der Waals surface area (Å²) in [4.78, 5) is 37.1. The van der Waals surface area contributed by atoms with Crippen LogP contribution in [0, 0.1) is 5.41 Å². The lowest BCUT2D eigenvalue weighted by atomic mass is 9.85. The van der Waals surface area contributed by atoms with Crippen LogP contribution in [0.5, 0.6) is 0 Å². The second-order valence-electron chi connectivity index (χ2n) is 9.30. The third kappa shape index (κ3) is 3.64. The Balaban J connectivity index is 1.22. The van der Waals surface area contributed by atoms with Gasteiger partial charge < -0.3 is 25.2 Å².